The molecule has 2 aliphatic rings. The third-order valence-corrected chi connectivity index (χ3v) is 4.81. The van der Waals surface area contributed by atoms with Crippen LogP contribution in [0.25, 0.3) is 0 Å². The SMILES string of the molecule is Cl.Fc1cccc(CC2CCCN2CC2CCNCC2)c1. The van der Waals surface area contributed by atoms with Crippen molar-refractivity contribution in [3.63, 3.8) is 0 Å². The van der Waals surface area contributed by atoms with Gasteiger partial charge in [-0.25, -0.2) is 4.39 Å². The van der Waals surface area contributed by atoms with Gasteiger partial charge in [0.1, 0.15) is 5.82 Å². The first-order valence-electron chi connectivity index (χ1n) is 8.00. The Labute approximate surface area is 133 Å². The van der Waals surface area contributed by atoms with Gasteiger partial charge >= 0.3 is 0 Å². The van der Waals surface area contributed by atoms with Crippen LogP contribution in [0.2, 0.25) is 0 Å². The summed E-state index contributed by atoms with van der Waals surface area (Å²) in [4.78, 5) is 2.65. The zero-order valence-electron chi connectivity index (χ0n) is 12.6. The van der Waals surface area contributed by atoms with E-state index in [-0.39, 0.29) is 18.2 Å². The van der Waals surface area contributed by atoms with Gasteiger partial charge in [0, 0.05) is 12.6 Å². The zero-order valence-corrected chi connectivity index (χ0v) is 13.4. The number of rotatable bonds is 4. The Balaban J connectivity index is 0.00000161. The highest BCUT2D eigenvalue weighted by molar-refractivity contribution is 5.85. The molecule has 4 heteroatoms. The molecule has 1 atom stereocenters. The summed E-state index contributed by atoms with van der Waals surface area (Å²) in [6.45, 7) is 4.81. The maximum absolute atomic E-state index is 13.3. The van der Waals surface area contributed by atoms with E-state index in [1.54, 1.807) is 6.07 Å². The standard InChI is InChI=1S/C17H25FN2.ClH/c18-16-4-1-3-15(11-16)12-17-5-2-10-20(17)13-14-6-8-19-9-7-14;/h1,3-4,11,14,17,19H,2,5-10,12-13H2;1H. The second kappa shape index (κ2) is 8.11. The lowest BCUT2D eigenvalue weighted by atomic mass is 9.96. The lowest BCUT2D eigenvalue weighted by molar-refractivity contribution is 0.191. The quantitative estimate of drug-likeness (QED) is 0.918. The fourth-order valence-corrected chi connectivity index (χ4v) is 3.70. The van der Waals surface area contributed by atoms with Crippen molar-refractivity contribution >= 4 is 12.4 Å². The topological polar surface area (TPSA) is 15.3 Å². The monoisotopic (exact) mass is 312 g/mol. The summed E-state index contributed by atoms with van der Waals surface area (Å²) in [6, 6.07) is 7.74. The molecule has 1 unspecified atom stereocenters. The molecular formula is C17H26ClFN2. The summed E-state index contributed by atoms with van der Waals surface area (Å²) in [5, 5.41) is 3.44. The van der Waals surface area contributed by atoms with Gasteiger partial charge in [0.15, 0.2) is 0 Å². The maximum atomic E-state index is 13.3. The summed E-state index contributed by atoms with van der Waals surface area (Å²) in [5.74, 6) is 0.745. The molecule has 118 valence electrons. The third-order valence-electron chi connectivity index (χ3n) is 4.81. The summed E-state index contributed by atoms with van der Waals surface area (Å²) in [7, 11) is 0. The number of nitrogens with zero attached hydrogens (tertiary/aromatic N) is 1. The molecule has 2 nitrogen and oxygen atoms in total. The average molecular weight is 313 g/mol. The molecule has 0 aliphatic carbocycles. The summed E-state index contributed by atoms with van der Waals surface area (Å²) in [6.07, 6.45) is 6.18. The van der Waals surface area contributed by atoms with Gasteiger partial charge in [0.25, 0.3) is 0 Å². The molecule has 2 heterocycles. The molecule has 1 aromatic rings. The van der Waals surface area contributed by atoms with Crippen molar-refractivity contribution in [2.75, 3.05) is 26.2 Å². The van der Waals surface area contributed by atoms with E-state index in [4.69, 9.17) is 0 Å². The van der Waals surface area contributed by atoms with Crippen molar-refractivity contribution in [1.29, 1.82) is 0 Å². The Hall–Kier alpha value is -0.640. The lowest BCUT2D eigenvalue weighted by Crippen LogP contribution is -2.39. The van der Waals surface area contributed by atoms with E-state index >= 15 is 0 Å². The highest BCUT2D eigenvalue weighted by Crippen LogP contribution is 2.24. The maximum Gasteiger partial charge on any atom is 0.123 e. The van der Waals surface area contributed by atoms with Crippen LogP contribution in [-0.4, -0.2) is 37.1 Å². The Morgan fingerprint density at radius 1 is 1.19 bits per heavy atom. The van der Waals surface area contributed by atoms with E-state index in [0.717, 1.165) is 17.9 Å². The fourth-order valence-electron chi connectivity index (χ4n) is 3.70. The molecule has 3 rings (SSSR count). The molecule has 0 radical (unpaired) electrons. The Morgan fingerprint density at radius 2 is 2.00 bits per heavy atom. The summed E-state index contributed by atoms with van der Waals surface area (Å²) >= 11 is 0. The van der Waals surface area contributed by atoms with E-state index in [2.05, 4.69) is 16.3 Å². The highest BCUT2D eigenvalue weighted by atomic mass is 35.5. The first kappa shape index (κ1) is 16.7. The van der Waals surface area contributed by atoms with Crippen LogP contribution in [0.1, 0.15) is 31.2 Å². The summed E-state index contributed by atoms with van der Waals surface area (Å²) < 4.78 is 13.3. The van der Waals surface area contributed by atoms with E-state index in [9.17, 15) is 4.39 Å². The smallest absolute Gasteiger partial charge is 0.123 e. The van der Waals surface area contributed by atoms with Crippen LogP contribution in [0.4, 0.5) is 4.39 Å². The zero-order chi connectivity index (χ0) is 13.8. The molecule has 0 aromatic heterocycles. The van der Waals surface area contributed by atoms with Crippen LogP contribution in [-0.2, 0) is 6.42 Å². The predicted octanol–water partition coefficient (Wildman–Crippen LogP) is 3.25. The Kier molecular flexibility index (Phi) is 6.46. The Morgan fingerprint density at radius 3 is 2.76 bits per heavy atom. The molecule has 0 saturated carbocycles. The van der Waals surface area contributed by atoms with Gasteiger partial charge in [-0.1, -0.05) is 12.1 Å². The minimum absolute atomic E-state index is 0. The van der Waals surface area contributed by atoms with Crippen LogP contribution < -0.4 is 5.32 Å². The molecule has 2 saturated heterocycles. The lowest BCUT2D eigenvalue weighted by Gasteiger charge is -2.31. The van der Waals surface area contributed by atoms with E-state index < -0.39 is 0 Å². The van der Waals surface area contributed by atoms with E-state index in [0.29, 0.717) is 6.04 Å². The van der Waals surface area contributed by atoms with Gasteiger partial charge in [-0.2, -0.15) is 0 Å². The van der Waals surface area contributed by atoms with Crippen LogP contribution in [0, 0.1) is 11.7 Å². The first-order chi connectivity index (χ1) is 9.81. The van der Waals surface area contributed by atoms with E-state index in [1.807, 2.05) is 6.07 Å². The van der Waals surface area contributed by atoms with Crippen molar-refractivity contribution < 1.29 is 4.39 Å². The van der Waals surface area contributed by atoms with Crippen molar-refractivity contribution in [3.05, 3.63) is 35.6 Å². The van der Waals surface area contributed by atoms with Crippen LogP contribution >= 0.6 is 12.4 Å². The molecule has 0 amide bonds. The molecule has 0 spiro atoms. The Bertz CT molecular complexity index is 435. The largest absolute Gasteiger partial charge is 0.317 e. The number of hydrogen-bond donors (Lipinski definition) is 1. The van der Waals surface area contributed by atoms with Gasteiger partial charge in [-0.15, -0.1) is 12.4 Å². The second-order valence-electron chi connectivity index (χ2n) is 6.32. The number of likely N-dealkylation sites (tertiary alicyclic amines) is 1. The molecule has 1 aromatic carbocycles. The average Bonchev–Trinajstić information content (AvgIpc) is 2.87. The summed E-state index contributed by atoms with van der Waals surface area (Å²) in [5.41, 5.74) is 1.15. The van der Waals surface area contributed by atoms with Gasteiger partial charge in [0.05, 0.1) is 0 Å². The molecular weight excluding hydrogens is 287 g/mol. The number of halogens is 2. The number of benzene rings is 1. The molecule has 2 aliphatic heterocycles. The third kappa shape index (κ3) is 4.67. The van der Waals surface area contributed by atoms with E-state index in [1.165, 1.54) is 57.9 Å². The molecule has 0 bridgehead atoms. The number of hydrogen-bond acceptors (Lipinski definition) is 2. The van der Waals surface area contributed by atoms with Crippen molar-refractivity contribution in [2.45, 2.75) is 38.1 Å². The highest BCUT2D eigenvalue weighted by Gasteiger charge is 2.27. The fraction of sp³-hybridized carbons (Fsp3) is 0.647. The van der Waals surface area contributed by atoms with Crippen LogP contribution in [0.3, 0.4) is 0 Å². The van der Waals surface area contributed by atoms with Gasteiger partial charge in [-0.3, -0.25) is 4.90 Å². The molecule has 21 heavy (non-hydrogen) atoms. The van der Waals surface area contributed by atoms with Gasteiger partial charge in [0.2, 0.25) is 0 Å². The van der Waals surface area contributed by atoms with Gasteiger partial charge < -0.3 is 5.32 Å². The van der Waals surface area contributed by atoms with Gasteiger partial charge in [-0.05, 0) is 75.4 Å². The minimum Gasteiger partial charge on any atom is -0.317 e. The minimum atomic E-state index is -0.106. The normalized spacial score (nSPS) is 24.0. The van der Waals surface area contributed by atoms with Crippen molar-refractivity contribution in [3.8, 4) is 0 Å². The van der Waals surface area contributed by atoms with Crippen molar-refractivity contribution in [1.82, 2.24) is 10.2 Å². The van der Waals surface area contributed by atoms with Crippen LogP contribution in [0.5, 0.6) is 0 Å². The van der Waals surface area contributed by atoms with Crippen molar-refractivity contribution in [2.24, 2.45) is 5.92 Å². The molecule has 1 N–H and O–H groups in total. The first-order valence-corrected chi connectivity index (χ1v) is 8.00. The van der Waals surface area contributed by atoms with Crippen LogP contribution in [0.15, 0.2) is 24.3 Å². The molecule has 2 fully saturated rings. The number of nitrogens with one attached hydrogen (secondary N) is 1. The predicted molar refractivity (Wildman–Crippen MR) is 87.5 cm³/mol. The second-order valence-corrected chi connectivity index (χ2v) is 6.32. The number of piperidine rings is 1.